The van der Waals surface area contributed by atoms with Gasteiger partial charge in [0.05, 0.1) is 24.4 Å². The maximum Gasteiger partial charge on any atom is 0.0844 e. The standard InChI is InChI=1S/C20H26O2/c1-2-4-16(10-14-6-8-18-20(12-14)22-18)15(3-1)9-13-5-7-17-19(11-13)21-17/h1-4,13-14,17-20H,5-12H2. The van der Waals surface area contributed by atoms with Gasteiger partial charge in [-0.05, 0) is 74.3 Å². The summed E-state index contributed by atoms with van der Waals surface area (Å²) in [6, 6.07) is 9.18. The molecule has 6 unspecified atom stereocenters. The summed E-state index contributed by atoms with van der Waals surface area (Å²) in [5, 5.41) is 0. The van der Waals surface area contributed by atoms with E-state index in [0.717, 1.165) is 11.8 Å². The fourth-order valence-electron chi connectivity index (χ4n) is 4.92. The number of hydrogen-bond donors (Lipinski definition) is 0. The van der Waals surface area contributed by atoms with Gasteiger partial charge in [0, 0.05) is 0 Å². The van der Waals surface area contributed by atoms with Crippen LogP contribution in [0.4, 0.5) is 0 Å². The number of epoxide rings is 2. The largest absolute Gasteiger partial charge is 0.370 e. The lowest BCUT2D eigenvalue weighted by atomic mass is 9.80. The van der Waals surface area contributed by atoms with Crippen molar-refractivity contribution < 1.29 is 9.47 Å². The van der Waals surface area contributed by atoms with Gasteiger partial charge in [0.2, 0.25) is 0 Å². The molecule has 118 valence electrons. The van der Waals surface area contributed by atoms with Gasteiger partial charge in [-0.1, -0.05) is 24.3 Å². The molecule has 2 aliphatic carbocycles. The molecular weight excluding hydrogens is 272 g/mol. The van der Waals surface area contributed by atoms with Crippen molar-refractivity contribution in [3.05, 3.63) is 35.4 Å². The van der Waals surface area contributed by atoms with Crippen molar-refractivity contribution in [2.75, 3.05) is 0 Å². The Kier molecular flexibility index (Phi) is 3.30. The maximum absolute atomic E-state index is 5.70. The van der Waals surface area contributed by atoms with Crippen molar-refractivity contribution >= 4 is 0 Å². The molecule has 0 amide bonds. The summed E-state index contributed by atoms with van der Waals surface area (Å²) in [6.07, 6.45) is 12.9. The highest BCUT2D eigenvalue weighted by Gasteiger charge is 2.44. The van der Waals surface area contributed by atoms with Gasteiger partial charge in [-0.25, -0.2) is 0 Å². The monoisotopic (exact) mass is 298 g/mol. The van der Waals surface area contributed by atoms with Gasteiger partial charge in [0.1, 0.15) is 0 Å². The van der Waals surface area contributed by atoms with Crippen LogP contribution in [-0.4, -0.2) is 24.4 Å². The molecule has 0 radical (unpaired) electrons. The van der Waals surface area contributed by atoms with Crippen molar-refractivity contribution in [1.82, 2.24) is 0 Å². The third-order valence-electron chi connectivity index (χ3n) is 6.36. The van der Waals surface area contributed by atoms with Crippen LogP contribution in [0, 0.1) is 11.8 Å². The molecule has 2 heterocycles. The van der Waals surface area contributed by atoms with Crippen LogP contribution in [0.3, 0.4) is 0 Å². The molecule has 4 aliphatic rings. The minimum Gasteiger partial charge on any atom is -0.370 e. The number of fused-ring (bicyclic) bond motifs is 2. The van der Waals surface area contributed by atoms with Crippen LogP contribution in [0.2, 0.25) is 0 Å². The van der Waals surface area contributed by atoms with Crippen molar-refractivity contribution in [2.24, 2.45) is 11.8 Å². The number of rotatable bonds is 4. The van der Waals surface area contributed by atoms with Gasteiger partial charge in [0.15, 0.2) is 0 Å². The van der Waals surface area contributed by atoms with Crippen LogP contribution in [0.25, 0.3) is 0 Å². The van der Waals surface area contributed by atoms with E-state index in [9.17, 15) is 0 Å². The van der Waals surface area contributed by atoms with Crippen LogP contribution in [0.15, 0.2) is 24.3 Å². The number of benzene rings is 1. The Morgan fingerprint density at radius 3 is 1.64 bits per heavy atom. The first kappa shape index (κ1) is 13.6. The molecule has 5 rings (SSSR count). The van der Waals surface area contributed by atoms with Gasteiger partial charge in [-0.2, -0.15) is 0 Å². The molecule has 2 saturated carbocycles. The summed E-state index contributed by atoms with van der Waals surface area (Å²) in [7, 11) is 0. The highest BCUT2D eigenvalue weighted by atomic mass is 16.6. The highest BCUT2D eigenvalue weighted by Crippen LogP contribution is 2.42. The normalized spacial score (nSPS) is 42.4. The quantitative estimate of drug-likeness (QED) is 0.787. The molecule has 4 fully saturated rings. The van der Waals surface area contributed by atoms with E-state index in [0.29, 0.717) is 24.4 Å². The van der Waals surface area contributed by atoms with Gasteiger partial charge in [-0.3, -0.25) is 0 Å². The van der Waals surface area contributed by atoms with Crippen LogP contribution < -0.4 is 0 Å². The Morgan fingerprint density at radius 2 is 1.18 bits per heavy atom. The minimum absolute atomic E-state index is 0.605. The molecule has 1 aromatic carbocycles. The Bertz CT molecular complexity index is 505. The molecule has 2 saturated heterocycles. The Hall–Kier alpha value is -0.860. The molecule has 22 heavy (non-hydrogen) atoms. The lowest BCUT2D eigenvalue weighted by molar-refractivity contribution is 0.356. The highest BCUT2D eigenvalue weighted by molar-refractivity contribution is 5.28. The fraction of sp³-hybridized carbons (Fsp3) is 0.700. The zero-order valence-corrected chi connectivity index (χ0v) is 13.2. The predicted octanol–water partition coefficient (Wildman–Crippen LogP) is 3.91. The summed E-state index contributed by atoms with van der Waals surface area (Å²) in [4.78, 5) is 0. The Balaban J connectivity index is 1.26. The first-order valence-electron chi connectivity index (χ1n) is 9.23. The Labute approximate surface area is 133 Å². The van der Waals surface area contributed by atoms with E-state index in [1.54, 1.807) is 11.1 Å². The van der Waals surface area contributed by atoms with Gasteiger partial charge in [0.25, 0.3) is 0 Å². The summed E-state index contributed by atoms with van der Waals surface area (Å²) in [5.41, 5.74) is 3.20. The number of hydrogen-bond acceptors (Lipinski definition) is 2. The number of ether oxygens (including phenoxy) is 2. The fourth-order valence-corrected chi connectivity index (χ4v) is 4.92. The third-order valence-corrected chi connectivity index (χ3v) is 6.36. The van der Waals surface area contributed by atoms with Crippen LogP contribution in [0.1, 0.15) is 49.7 Å². The lowest BCUT2D eigenvalue weighted by Crippen LogP contribution is -2.18. The first-order valence-corrected chi connectivity index (χ1v) is 9.23. The second-order valence-electron chi connectivity index (χ2n) is 7.96. The van der Waals surface area contributed by atoms with Crippen molar-refractivity contribution in [3.8, 4) is 0 Å². The smallest absolute Gasteiger partial charge is 0.0844 e. The van der Waals surface area contributed by atoms with E-state index in [-0.39, 0.29) is 0 Å². The molecule has 1 aromatic rings. The predicted molar refractivity (Wildman–Crippen MR) is 85.9 cm³/mol. The van der Waals surface area contributed by atoms with Crippen molar-refractivity contribution in [2.45, 2.75) is 75.8 Å². The molecular formula is C20H26O2. The lowest BCUT2D eigenvalue weighted by Gasteiger charge is -2.23. The summed E-state index contributed by atoms with van der Waals surface area (Å²) >= 11 is 0. The molecule has 2 nitrogen and oxygen atoms in total. The second-order valence-corrected chi connectivity index (χ2v) is 7.96. The second kappa shape index (κ2) is 5.35. The maximum atomic E-state index is 5.70. The molecule has 0 spiro atoms. The van der Waals surface area contributed by atoms with Crippen LogP contribution in [-0.2, 0) is 22.3 Å². The van der Waals surface area contributed by atoms with Gasteiger partial charge < -0.3 is 9.47 Å². The average molecular weight is 298 g/mol. The van der Waals surface area contributed by atoms with E-state index in [1.807, 2.05) is 0 Å². The Morgan fingerprint density at radius 1 is 0.682 bits per heavy atom. The SMILES string of the molecule is c1ccc(CC2CCC3OC3C2)c(CC2CCC3OC3C2)c1. The average Bonchev–Trinajstić information content (AvgIpc) is 3.42. The molecule has 0 aromatic heterocycles. The molecule has 0 N–H and O–H groups in total. The van der Waals surface area contributed by atoms with Crippen LogP contribution in [0.5, 0.6) is 0 Å². The van der Waals surface area contributed by atoms with Crippen molar-refractivity contribution in [1.29, 1.82) is 0 Å². The zero-order valence-electron chi connectivity index (χ0n) is 13.2. The first-order chi connectivity index (χ1) is 10.8. The van der Waals surface area contributed by atoms with Gasteiger partial charge in [-0.15, -0.1) is 0 Å². The molecule has 2 heteroatoms. The zero-order chi connectivity index (χ0) is 14.5. The van der Waals surface area contributed by atoms with Gasteiger partial charge >= 0.3 is 0 Å². The van der Waals surface area contributed by atoms with E-state index >= 15 is 0 Å². The topological polar surface area (TPSA) is 25.1 Å². The summed E-state index contributed by atoms with van der Waals surface area (Å²) in [6.45, 7) is 0. The summed E-state index contributed by atoms with van der Waals surface area (Å²) < 4.78 is 11.4. The molecule has 2 aliphatic heterocycles. The minimum atomic E-state index is 0.605. The van der Waals surface area contributed by atoms with E-state index in [2.05, 4.69) is 24.3 Å². The van der Waals surface area contributed by atoms with Crippen LogP contribution >= 0.6 is 0 Å². The van der Waals surface area contributed by atoms with E-state index < -0.39 is 0 Å². The molecule has 0 bridgehead atoms. The van der Waals surface area contributed by atoms with E-state index in [1.165, 1.54) is 51.4 Å². The third kappa shape index (κ3) is 2.72. The summed E-state index contributed by atoms with van der Waals surface area (Å²) in [5.74, 6) is 1.68. The van der Waals surface area contributed by atoms with E-state index in [4.69, 9.17) is 9.47 Å². The van der Waals surface area contributed by atoms with Crippen molar-refractivity contribution in [3.63, 3.8) is 0 Å². The molecule has 6 atom stereocenters.